The number of nitrogens with two attached hydrogens (primary N) is 1. The number of ether oxygens (including phenoxy) is 1. The molecule has 1 saturated heterocycles. The number of ketones is 1. The number of para-hydroxylation sites is 1. The predicted octanol–water partition coefficient (Wildman–Crippen LogP) is 2.65. The zero-order chi connectivity index (χ0) is 23.9. The van der Waals surface area contributed by atoms with Gasteiger partial charge in [-0.1, -0.05) is 78.9 Å². The van der Waals surface area contributed by atoms with Crippen molar-refractivity contribution in [3.8, 4) is 5.75 Å². The van der Waals surface area contributed by atoms with Crippen LogP contribution < -0.4 is 15.9 Å². The smallest absolute Gasteiger partial charge is 0.256 e. The van der Waals surface area contributed by atoms with Crippen LogP contribution in [0.1, 0.15) is 17.5 Å². The third-order valence-electron chi connectivity index (χ3n) is 5.83. The van der Waals surface area contributed by atoms with Crippen LogP contribution in [0.4, 0.5) is 0 Å². The van der Waals surface area contributed by atoms with Gasteiger partial charge >= 0.3 is 0 Å². The molecule has 3 aromatic carbocycles. The number of nitrogens with one attached hydrogen (secondary N) is 1. The fraction of sp³-hybridized carbons (Fsp3) is 0.222. The maximum Gasteiger partial charge on any atom is 0.256 e. The lowest BCUT2D eigenvalue weighted by atomic mass is 9.86. The molecule has 34 heavy (non-hydrogen) atoms. The summed E-state index contributed by atoms with van der Waals surface area (Å²) in [5, 5.41) is 3.77. The maximum atomic E-state index is 13.5. The van der Waals surface area contributed by atoms with Crippen LogP contribution in [0.5, 0.6) is 5.75 Å². The molecule has 1 heterocycles. The molecular formula is C27H27N3O4. The molecule has 7 nitrogen and oxygen atoms in total. The van der Waals surface area contributed by atoms with Gasteiger partial charge in [0.25, 0.3) is 5.91 Å². The highest BCUT2D eigenvalue weighted by molar-refractivity contribution is 6.08. The standard InChI is InChI=1S/C27H27N3O4/c28-30-26(33)24(27(30)34-21-14-8-3-9-15-21)25(32)22(18-20-12-6-2-7-13-20)29-23(31)17-16-19-10-4-1-5-11-19/h1-15,22,24,27H,16-18,28H2,(H,29,31)/t22-,24-,27-/m0/s1. The molecule has 0 saturated carbocycles. The molecule has 0 spiro atoms. The van der Waals surface area contributed by atoms with Crippen LogP contribution in [0.3, 0.4) is 0 Å². The van der Waals surface area contributed by atoms with Crippen molar-refractivity contribution in [2.75, 3.05) is 0 Å². The molecule has 7 heteroatoms. The number of carbonyl (C=O) groups excluding carboxylic acids is 3. The number of nitrogens with zero attached hydrogens (tertiary/aromatic N) is 1. The fourth-order valence-electron chi connectivity index (χ4n) is 3.97. The summed E-state index contributed by atoms with van der Waals surface area (Å²) < 4.78 is 5.82. The Morgan fingerprint density at radius 3 is 2.06 bits per heavy atom. The molecule has 3 atom stereocenters. The Balaban J connectivity index is 1.48. The summed E-state index contributed by atoms with van der Waals surface area (Å²) in [5.41, 5.74) is 1.91. The second kappa shape index (κ2) is 10.8. The summed E-state index contributed by atoms with van der Waals surface area (Å²) in [5.74, 6) is 4.05. The van der Waals surface area contributed by atoms with Crippen molar-refractivity contribution < 1.29 is 19.1 Å². The van der Waals surface area contributed by atoms with Crippen molar-refractivity contribution in [1.29, 1.82) is 0 Å². The van der Waals surface area contributed by atoms with Gasteiger partial charge in [0.15, 0.2) is 11.7 Å². The molecule has 2 amide bonds. The minimum Gasteiger partial charge on any atom is -0.468 e. The first-order valence-corrected chi connectivity index (χ1v) is 11.2. The van der Waals surface area contributed by atoms with Gasteiger partial charge in [-0.25, -0.2) is 10.9 Å². The Kier molecular flexibility index (Phi) is 7.34. The van der Waals surface area contributed by atoms with Gasteiger partial charge in [0.05, 0.1) is 6.04 Å². The Morgan fingerprint density at radius 2 is 1.44 bits per heavy atom. The molecule has 1 fully saturated rings. The number of amides is 2. The summed E-state index contributed by atoms with van der Waals surface area (Å²) in [6.45, 7) is 0. The van der Waals surface area contributed by atoms with Crippen LogP contribution in [0.2, 0.25) is 0 Å². The number of Topliss-reactive ketones (excluding diaryl/α,β-unsaturated/α-hetero) is 1. The Morgan fingerprint density at radius 1 is 0.882 bits per heavy atom. The molecule has 0 unspecified atom stereocenters. The van der Waals surface area contributed by atoms with Crippen molar-refractivity contribution in [1.82, 2.24) is 10.3 Å². The van der Waals surface area contributed by atoms with Crippen molar-refractivity contribution in [2.24, 2.45) is 11.8 Å². The van der Waals surface area contributed by atoms with Crippen LogP contribution in [0.15, 0.2) is 91.0 Å². The van der Waals surface area contributed by atoms with Crippen LogP contribution in [0.25, 0.3) is 0 Å². The minimum absolute atomic E-state index is 0.230. The van der Waals surface area contributed by atoms with E-state index in [-0.39, 0.29) is 18.7 Å². The molecule has 174 valence electrons. The van der Waals surface area contributed by atoms with E-state index in [9.17, 15) is 14.4 Å². The molecule has 0 bridgehead atoms. The Bertz CT molecular complexity index is 1120. The number of hydrogen-bond donors (Lipinski definition) is 2. The van der Waals surface area contributed by atoms with E-state index in [4.69, 9.17) is 10.6 Å². The molecule has 1 aliphatic rings. The number of aryl methyl sites for hydroxylation is 1. The van der Waals surface area contributed by atoms with E-state index < -0.39 is 29.9 Å². The number of hydrogen-bond acceptors (Lipinski definition) is 5. The quantitative estimate of drug-likeness (QED) is 0.211. The second-order valence-corrected chi connectivity index (χ2v) is 8.24. The van der Waals surface area contributed by atoms with E-state index >= 15 is 0 Å². The Hall–Kier alpha value is -3.97. The van der Waals surface area contributed by atoms with Gasteiger partial charge in [0.1, 0.15) is 5.75 Å². The van der Waals surface area contributed by atoms with Crippen LogP contribution in [0, 0.1) is 5.92 Å². The lowest BCUT2D eigenvalue weighted by Crippen LogP contribution is -2.70. The third kappa shape index (κ3) is 5.50. The average Bonchev–Trinajstić information content (AvgIpc) is 2.88. The normalized spacial score (nSPS) is 18.0. The van der Waals surface area contributed by atoms with Crippen LogP contribution in [-0.2, 0) is 27.2 Å². The van der Waals surface area contributed by atoms with Gasteiger partial charge in [-0.05, 0) is 36.1 Å². The van der Waals surface area contributed by atoms with E-state index in [0.29, 0.717) is 12.2 Å². The number of rotatable bonds is 10. The number of β-lactam (4-membered cyclic amide) rings is 1. The summed E-state index contributed by atoms with van der Waals surface area (Å²) >= 11 is 0. The van der Waals surface area contributed by atoms with Crippen LogP contribution >= 0.6 is 0 Å². The number of benzene rings is 3. The molecule has 4 rings (SSSR count). The number of hydrazine groups is 1. The lowest BCUT2D eigenvalue weighted by molar-refractivity contribution is -0.181. The van der Waals surface area contributed by atoms with Gasteiger partial charge in [-0.15, -0.1) is 0 Å². The van der Waals surface area contributed by atoms with Crippen molar-refractivity contribution in [3.63, 3.8) is 0 Å². The Labute approximate surface area is 198 Å². The summed E-state index contributed by atoms with van der Waals surface area (Å²) in [6, 6.07) is 27.0. The van der Waals surface area contributed by atoms with Gasteiger partial charge in [0, 0.05) is 6.42 Å². The summed E-state index contributed by atoms with van der Waals surface area (Å²) in [6.07, 6.45) is 0.122. The first-order valence-electron chi connectivity index (χ1n) is 11.2. The predicted molar refractivity (Wildman–Crippen MR) is 127 cm³/mol. The molecular weight excluding hydrogens is 430 g/mol. The third-order valence-corrected chi connectivity index (χ3v) is 5.83. The van der Waals surface area contributed by atoms with Gasteiger partial charge in [0.2, 0.25) is 12.1 Å². The first-order chi connectivity index (χ1) is 16.5. The highest BCUT2D eigenvalue weighted by atomic mass is 16.5. The molecule has 0 aliphatic carbocycles. The van der Waals surface area contributed by atoms with Crippen molar-refractivity contribution in [3.05, 3.63) is 102 Å². The second-order valence-electron chi connectivity index (χ2n) is 8.24. The van der Waals surface area contributed by atoms with E-state index in [1.54, 1.807) is 24.3 Å². The van der Waals surface area contributed by atoms with Gasteiger partial charge in [-0.2, -0.15) is 0 Å². The van der Waals surface area contributed by atoms with E-state index in [1.165, 1.54) is 0 Å². The number of carbonyl (C=O) groups is 3. The zero-order valence-electron chi connectivity index (χ0n) is 18.7. The zero-order valence-corrected chi connectivity index (χ0v) is 18.7. The highest BCUT2D eigenvalue weighted by Gasteiger charge is 2.54. The van der Waals surface area contributed by atoms with Crippen LogP contribution in [-0.4, -0.2) is 34.9 Å². The minimum atomic E-state index is -1.09. The lowest BCUT2D eigenvalue weighted by Gasteiger charge is -2.43. The molecule has 3 N–H and O–H groups in total. The fourth-order valence-corrected chi connectivity index (χ4v) is 3.97. The highest BCUT2D eigenvalue weighted by Crippen LogP contribution is 2.29. The van der Waals surface area contributed by atoms with Gasteiger partial charge in [-0.3, -0.25) is 14.4 Å². The summed E-state index contributed by atoms with van der Waals surface area (Å²) in [7, 11) is 0. The monoisotopic (exact) mass is 457 g/mol. The van der Waals surface area contributed by atoms with E-state index in [1.807, 2.05) is 66.7 Å². The van der Waals surface area contributed by atoms with Gasteiger partial charge < -0.3 is 10.1 Å². The van der Waals surface area contributed by atoms with E-state index in [0.717, 1.165) is 16.1 Å². The average molecular weight is 458 g/mol. The van der Waals surface area contributed by atoms with Crippen molar-refractivity contribution >= 4 is 17.6 Å². The van der Waals surface area contributed by atoms with E-state index in [2.05, 4.69) is 5.32 Å². The molecule has 1 aliphatic heterocycles. The van der Waals surface area contributed by atoms with Crippen molar-refractivity contribution in [2.45, 2.75) is 31.5 Å². The first kappa shape index (κ1) is 23.2. The molecule has 0 radical (unpaired) electrons. The SMILES string of the molecule is NN1C(=O)[C@H](C(=O)[C@H](Cc2ccccc2)NC(=O)CCc2ccccc2)[C@@H]1Oc1ccccc1. The molecule has 3 aromatic rings. The maximum absolute atomic E-state index is 13.5. The molecule has 0 aromatic heterocycles. The summed E-state index contributed by atoms with van der Waals surface area (Å²) in [4.78, 5) is 38.8. The topological polar surface area (TPSA) is 102 Å². The largest absolute Gasteiger partial charge is 0.468 e.